The van der Waals surface area contributed by atoms with Crippen molar-refractivity contribution in [2.24, 2.45) is 5.16 Å². The molecule has 6 aromatic rings. The summed E-state index contributed by atoms with van der Waals surface area (Å²) in [5.74, 6) is -0.201. The summed E-state index contributed by atoms with van der Waals surface area (Å²) in [5, 5.41) is 25.7. The Morgan fingerprint density at radius 1 is 0.953 bits per heavy atom. The molecule has 3 aromatic carbocycles. The number of fused-ring (bicyclic) bond motifs is 1. The summed E-state index contributed by atoms with van der Waals surface area (Å²) in [7, 11) is 0. The summed E-state index contributed by atoms with van der Waals surface area (Å²) in [6, 6.07) is 33.7. The smallest absolute Gasteiger partial charge is 0.335 e. The second-order valence-electron chi connectivity index (χ2n) is 9.62. The molecule has 0 amide bonds. The summed E-state index contributed by atoms with van der Waals surface area (Å²) in [4.78, 5) is 25.9. The molecule has 0 aliphatic heterocycles. The van der Waals surface area contributed by atoms with Gasteiger partial charge in [-0.2, -0.15) is 5.26 Å². The Morgan fingerprint density at radius 3 is 2.42 bits per heavy atom. The van der Waals surface area contributed by atoms with Gasteiger partial charge in [0.15, 0.2) is 0 Å². The summed E-state index contributed by atoms with van der Waals surface area (Å²) < 4.78 is 1.96. The van der Waals surface area contributed by atoms with Crippen LogP contribution >= 0.6 is 0 Å². The van der Waals surface area contributed by atoms with E-state index in [0.29, 0.717) is 12.2 Å². The lowest BCUT2D eigenvalue weighted by molar-refractivity contribution is 0.0697. The van der Waals surface area contributed by atoms with E-state index in [4.69, 9.17) is 15.1 Å². The molecule has 0 saturated heterocycles. The zero-order chi connectivity index (χ0) is 29.6. The van der Waals surface area contributed by atoms with Crippen LogP contribution in [0.25, 0.3) is 28.2 Å². The third kappa shape index (κ3) is 6.09. The number of benzene rings is 3. The number of aromatic carboxylic acids is 1. The second kappa shape index (κ2) is 12.1. The normalized spacial score (nSPS) is 11.0. The van der Waals surface area contributed by atoms with Crippen molar-refractivity contribution in [3.63, 3.8) is 0 Å². The highest BCUT2D eigenvalue weighted by Gasteiger charge is 2.14. The Morgan fingerprint density at radius 2 is 1.72 bits per heavy atom. The minimum atomic E-state index is -0.969. The van der Waals surface area contributed by atoms with Gasteiger partial charge in [0.2, 0.25) is 0 Å². The molecule has 0 fully saturated rings. The number of rotatable bonds is 9. The lowest BCUT2D eigenvalue weighted by Crippen LogP contribution is -1.99. The van der Waals surface area contributed by atoms with Crippen molar-refractivity contribution < 1.29 is 14.7 Å². The number of carboxylic acids is 1. The third-order valence-electron chi connectivity index (χ3n) is 6.76. The number of nitriles is 1. The first-order valence-corrected chi connectivity index (χ1v) is 13.4. The van der Waals surface area contributed by atoms with Crippen molar-refractivity contribution in [2.45, 2.75) is 6.61 Å². The van der Waals surface area contributed by atoms with Crippen LogP contribution in [0.15, 0.2) is 121 Å². The summed E-state index contributed by atoms with van der Waals surface area (Å²) in [5.41, 5.74) is 7.53. The highest BCUT2D eigenvalue weighted by molar-refractivity contribution is 5.88. The summed E-state index contributed by atoms with van der Waals surface area (Å²) in [6.07, 6.45) is 5.15. The Kier molecular flexibility index (Phi) is 7.56. The van der Waals surface area contributed by atoms with E-state index in [1.54, 1.807) is 42.7 Å². The number of carboxylic acid groups (broad SMARTS) is 1. The number of aromatic nitrogens is 3. The molecule has 0 saturated carbocycles. The van der Waals surface area contributed by atoms with E-state index >= 15 is 0 Å². The van der Waals surface area contributed by atoms with Crippen LogP contribution in [0.2, 0.25) is 0 Å². The predicted molar refractivity (Wildman–Crippen MR) is 164 cm³/mol. The zero-order valence-corrected chi connectivity index (χ0v) is 22.8. The molecule has 9 nitrogen and oxygen atoms in total. The monoisotopic (exact) mass is 564 g/mol. The molecule has 43 heavy (non-hydrogen) atoms. The van der Waals surface area contributed by atoms with E-state index in [9.17, 15) is 9.90 Å². The van der Waals surface area contributed by atoms with Gasteiger partial charge in [0, 0.05) is 29.2 Å². The number of nitrogens with zero attached hydrogens (tertiary/aromatic N) is 5. The molecule has 0 unspecified atom stereocenters. The molecule has 0 aliphatic carbocycles. The minimum Gasteiger partial charge on any atom is -0.478 e. The number of carbonyl (C=O) groups is 1. The van der Waals surface area contributed by atoms with Crippen LogP contribution < -0.4 is 5.32 Å². The molecule has 0 radical (unpaired) electrons. The molecular formula is C34H24N6O3. The van der Waals surface area contributed by atoms with Crippen molar-refractivity contribution in [3.05, 3.63) is 138 Å². The van der Waals surface area contributed by atoms with Crippen molar-refractivity contribution in [3.8, 4) is 28.6 Å². The first-order chi connectivity index (χ1) is 21.1. The number of hydrogen-bond acceptors (Lipinski definition) is 7. The predicted octanol–water partition coefficient (Wildman–Crippen LogP) is 6.93. The molecule has 3 aromatic heterocycles. The van der Waals surface area contributed by atoms with Gasteiger partial charge in [-0.05, 0) is 59.7 Å². The summed E-state index contributed by atoms with van der Waals surface area (Å²) >= 11 is 0. The second-order valence-corrected chi connectivity index (χ2v) is 9.62. The molecule has 3 heterocycles. The topological polar surface area (TPSA) is 125 Å². The number of hydrogen-bond donors (Lipinski definition) is 2. The van der Waals surface area contributed by atoms with Gasteiger partial charge in [0.1, 0.15) is 29.8 Å². The van der Waals surface area contributed by atoms with Gasteiger partial charge in [0.05, 0.1) is 23.0 Å². The molecular weight excluding hydrogens is 540 g/mol. The van der Waals surface area contributed by atoms with E-state index in [1.165, 1.54) is 0 Å². The van der Waals surface area contributed by atoms with Gasteiger partial charge < -0.3 is 15.3 Å². The van der Waals surface area contributed by atoms with Crippen LogP contribution in [-0.2, 0) is 11.4 Å². The van der Waals surface area contributed by atoms with Gasteiger partial charge in [0.25, 0.3) is 0 Å². The lowest BCUT2D eigenvalue weighted by Gasteiger charge is -2.09. The molecule has 0 atom stereocenters. The first-order valence-electron chi connectivity index (χ1n) is 13.4. The van der Waals surface area contributed by atoms with Crippen molar-refractivity contribution >= 4 is 29.3 Å². The molecule has 2 N–H and O–H groups in total. The fourth-order valence-electron chi connectivity index (χ4n) is 4.49. The van der Waals surface area contributed by atoms with Crippen molar-refractivity contribution in [1.29, 1.82) is 5.26 Å². The zero-order valence-electron chi connectivity index (χ0n) is 22.8. The Labute approximate surface area is 247 Å². The van der Waals surface area contributed by atoms with E-state index in [1.807, 2.05) is 83.4 Å². The van der Waals surface area contributed by atoms with Crippen LogP contribution in [0.5, 0.6) is 0 Å². The number of pyridine rings is 2. The molecule has 0 bridgehead atoms. The highest BCUT2D eigenvalue weighted by Crippen LogP contribution is 2.31. The maximum absolute atomic E-state index is 11.2. The van der Waals surface area contributed by atoms with Crippen LogP contribution in [0, 0.1) is 11.3 Å². The van der Waals surface area contributed by atoms with E-state index in [-0.39, 0.29) is 5.56 Å². The quantitative estimate of drug-likeness (QED) is 0.144. The standard InChI is InChI=1S/C34H24N6O3/c35-19-25-8-17-30(36-20-25)26-9-6-24(7-10-26)22-43-37-21-23-4-11-27(12-5-23)32-33(40-18-2-1-3-31(40)39-32)38-29-15-13-28(14-16-29)34(41)42/h1-18,20-21,38H,22H2,(H,41,42)/b37-21+. The molecule has 0 aliphatic rings. The highest BCUT2D eigenvalue weighted by atomic mass is 16.6. The minimum absolute atomic E-state index is 0.222. The molecule has 9 heteroatoms. The van der Waals surface area contributed by atoms with Crippen LogP contribution in [0.1, 0.15) is 27.0 Å². The number of imidazole rings is 1. The van der Waals surface area contributed by atoms with Gasteiger partial charge in [-0.3, -0.25) is 9.38 Å². The van der Waals surface area contributed by atoms with Crippen molar-refractivity contribution in [1.82, 2.24) is 14.4 Å². The number of anilines is 2. The van der Waals surface area contributed by atoms with E-state index < -0.39 is 5.97 Å². The molecule has 208 valence electrons. The van der Waals surface area contributed by atoms with Crippen molar-refractivity contribution in [2.75, 3.05) is 5.32 Å². The largest absolute Gasteiger partial charge is 0.478 e. The van der Waals surface area contributed by atoms with Gasteiger partial charge in [-0.15, -0.1) is 0 Å². The maximum Gasteiger partial charge on any atom is 0.335 e. The van der Waals surface area contributed by atoms with Crippen LogP contribution in [0.4, 0.5) is 11.5 Å². The van der Waals surface area contributed by atoms with Gasteiger partial charge >= 0.3 is 5.97 Å². The third-order valence-corrected chi connectivity index (χ3v) is 6.76. The maximum atomic E-state index is 11.2. The van der Waals surface area contributed by atoms with E-state index in [2.05, 4.69) is 21.5 Å². The number of nitrogens with one attached hydrogen (secondary N) is 1. The SMILES string of the molecule is N#Cc1ccc(-c2ccc(CO/N=C/c3ccc(-c4nc5ccccn5c4Nc4ccc(C(=O)O)cc4)cc3)cc2)nc1. The fraction of sp³-hybridized carbons (Fsp3) is 0.0294. The lowest BCUT2D eigenvalue weighted by atomic mass is 10.1. The Hall–Kier alpha value is -6.27. The van der Waals surface area contributed by atoms with Crippen LogP contribution in [0.3, 0.4) is 0 Å². The van der Waals surface area contributed by atoms with Crippen LogP contribution in [-0.4, -0.2) is 31.7 Å². The molecule has 0 spiro atoms. The average molecular weight is 565 g/mol. The molecule has 6 rings (SSSR count). The Bertz CT molecular complexity index is 1960. The Balaban J connectivity index is 1.12. The first kappa shape index (κ1) is 26.9. The van der Waals surface area contributed by atoms with Gasteiger partial charge in [-0.1, -0.05) is 59.8 Å². The van der Waals surface area contributed by atoms with E-state index in [0.717, 1.165) is 50.8 Å². The van der Waals surface area contributed by atoms with Gasteiger partial charge in [-0.25, -0.2) is 9.78 Å². The number of oxime groups is 1. The fourth-order valence-corrected chi connectivity index (χ4v) is 4.49. The average Bonchev–Trinajstić information content (AvgIpc) is 3.42. The summed E-state index contributed by atoms with van der Waals surface area (Å²) in [6.45, 7) is 0.319.